The van der Waals surface area contributed by atoms with Crippen molar-refractivity contribution in [2.24, 2.45) is 7.05 Å². The summed E-state index contributed by atoms with van der Waals surface area (Å²) < 4.78 is 8.78. The second-order valence-electron chi connectivity index (χ2n) is 11.0. The molecular formula is C28H36N10O2. The van der Waals surface area contributed by atoms with Gasteiger partial charge in [0.1, 0.15) is 0 Å². The van der Waals surface area contributed by atoms with Gasteiger partial charge in [0.05, 0.1) is 42.0 Å². The average Bonchev–Trinajstić information content (AvgIpc) is 3.55. The molecule has 1 aliphatic heterocycles. The maximum atomic E-state index is 13.2. The van der Waals surface area contributed by atoms with E-state index in [1.165, 1.54) is 0 Å². The molecule has 0 fully saturated rings. The van der Waals surface area contributed by atoms with Gasteiger partial charge in [-0.2, -0.15) is 5.10 Å². The van der Waals surface area contributed by atoms with Gasteiger partial charge in [0, 0.05) is 51.7 Å². The molecule has 4 aromatic rings. The average molecular weight is 545 g/mol. The van der Waals surface area contributed by atoms with E-state index < -0.39 is 0 Å². The number of carbonyl (C=O) groups excluding carboxylic acids is 1. The Balaban J connectivity index is 1.41. The van der Waals surface area contributed by atoms with Gasteiger partial charge in [-0.25, -0.2) is 14.6 Å². The van der Waals surface area contributed by atoms with Crippen molar-refractivity contribution in [1.82, 2.24) is 45.0 Å². The van der Waals surface area contributed by atoms with E-state index in [0.29, 0.717) is 18.2 Å². The molecule has 12 nitrogen and oxygen atoms in total. The number of carbonyl (C=O) groups is 1. The number of benzene rings is 1. The summed E-state index contributed by atoms with van der Waals surface area (Å²) in [6, 6.07) is 8.03. The Labute approximate surface area is 233 Å². The molecule has 3 aromatic heterocycles. The highest BCUT2D eigenvalue weighted by Crippen LogP contribution is 2.31. The molecule has 0 aliphatic carbocycles. The number of nitrogens with one attached hydrogen (secondary N) is 2. The van der Waals surface area contributed by atoms with Gasteiger partial charge in [-0.05, 0) is 50.5 Å². The predicted octanol–water partition coefficient (Wildman–Crippen LogP) is 3.29. The number of rotatable bonds is 8. The summed E-state index contributed by atoms with van der Waals surface area (Å²) in [7, 11) is 3.57. The topological polar surface area (TPSA) is 128 Å². The SMILES string of the molecule is COCCN1CCC(NC(=O)c2cn(C(C)(C)C)nn2)c2ccc(-c3ccnc(Nc4cnn(C)c4)n3)cc2C1. The van der Waals surface area contributed by atoms with Crippen LogP contribution in [-0.2, 0) is 23.9 Å². The van der Waals surface area contributed by atoms with E-state index in [9.17, 15) is 4.79 Å². The third kappa shape index (κ3) is 6.35. The molecule has 1 amide bonds. The lowest BCUT2D eigenvalue weighted by Crippen LogP contribution is -2.31. The largest absolute Gasteiger partial charge is 0.383 e. The molecular weight excluding hydrogens is 508 g/mol. The predicted molar refractivity (Wildman–Crippen MR) is 151 cm³/mol. The lowest BCUT2D eigenvalue weighted by Gasteiger charge is -2.20. The van der Waals surface area contributed by atoms with Crippen molar-refractivity contribution in [1.29, 1.82) is 0 Å². The van der Waals surface area contributed by atoms with Crippen LogP contribution in [-0.4, -0.2) is 72.4 Å². The molecule has 12 heteroatoms. The zero-order valence-corrected chi connectivity index (χ0v) is 23.6. The van der Waals surface area contributed by atoms with E-state index in [1.807, 2.05) is 40.1 Å². The molecule has 1 aliphatic rings. The molecule has 0 bridgehead atoms. The first-order valence-corrected chi connectivity index (χ1v) is 13.4. The van der Waals surface area contributed by atoms with Gasteiger partial charge in [-0.3, -0.25) is 14.4 Å². The summed E-state index contributed by atoms with van der Waals surface area (Å²) in [5.41, 5.74) is 4.86. The molecule has 5 rings (SSSR count). The molecule has 0 saturated heterocycles. The summed E-state index contributed by atoms with van der Waals surface area (Å²) in [6.07, 6.45) is 7.80. The van der Waals surface area contributed by atoms with Crippen molar-refractivity contribution in [2.75, 3.05) is 32.1 Å². The van der Waals surface area contributed by atoms with Gasteiger partial charge in [0.15, 0.2) is 5.69 Å². The number of nitrogens with zero attached hydrogens (tertiary/aromatic N) is 8. The minimum atomic E-state index is -0.257. The van der Waals surface area contributed by atoms with Crippen molar-refractivity contribution in [2.45, 2.75) is 45.3 Å². The van der Waals surface area contributed by atoms with Crippen LogP contribution < -0.4 is 10.6 Å². The quantitative estimate of drug-likeness (QED) is 0.343. The third-order valence-corrected chi connectivity index (χ3v) is 6.89. The lowest BCUT2D eigenvalue weighted by molar-refractivity contribution is 0.0925. The molecule has 40 heavy (non-hydrogen) atoms. The van der Waals surface area contributed by atoms with Crippen LogP contribution in [0, 0.1) is 0 Å². The molecule has 2 N–H and O–H groups in total. The standard InChI is InChI=1S/C28H36N10O2/c1-28(2,3)38-18-25(34-35-38)26(39)32-24-9-11-37(12-13-40-5)16-20-14-19(6-7-22(20)24)23-8-10-29-27(33-23)31-21-15-30-36(4)17-21/h6-8,10,14-15,17-18,24H,9,11-13,16H2,1-5H3,(H,32,39)(H,29,31,33). The molecule has 1 atom stereocenters. The van der Waals surface area contributed by atoms with Crippen molar-refractivity contribution in [3.63, 3.8) is 0 Å². The zero-order chi connectivity index (χ0) is 28.3. The van der Waals surface area contributed by atoms with Gasteiger partial charge in [-0.1, -0.05) is 17.3 Å². The second kappa shape index (κ2) is 11.5. The van der Waals surface area contributed by atoms with E-state index in [4.69, 9.17) is 9.72 Å². The fraction of sp³-hybridized carbons (Fsp3) is 0.429. The fourth-order valence-electron chi connectivity index (χ4n) is 4.71. The number of fused-ring (bicyclic) bond motifs is 1. The molecule has 1 unspecified atom stereocenters. The molecule has 0 spiro atoms. The van der Waals surface area contributed by atoms with Gasteiger partial charge >= 0.3 is 0 Å². The third-order valence-electron chi connectivity index (χ3n) is 6.89. The number of hydrogen-bond donors (Lipinski definition) is 2. The maximum Gasteiger partial charge on any atom is 0.273 e. The van der Waals surface area contributed by atoms with Crippen molar-refractivity contribution in [3.8, 4) is 11.3 Å². The van der Waals surface area contributed by atoms with Gasteiger partial charge in [0.25, 0.3) is 5.91 Å². The van der Waals surface area contributed by atoms with E-state index >= 15 is 0 Å². The van der Waals surface area contributed by atoms with E-state index in [0.717, 1.165) is 54.1 Å². The van der Waals surface area contributed by atoms with E-state index in [1.54, 1.807) is 35.1 Å². The van der Waals surface area contributed by atoms with Crippen LogP contribution in [0.5, 0.6) is 0 Å². The monoisotopic (exact) mass is 544 g/mol. The van der Waals surface area contributed by atoms with Crippen LogP contribution in [0.1, 0.15) is 54.8 Å². The van der Waals surface area contributed by atoms with E-state index in [2.05, 4.69) is 54.1 Å². The molecule has 210 valence electrons. The highest BCUT2D eigenvalue weighted by Gasteiger charge is 2.26. The maximum absolute atomic E-state index is 13.2. The van der Waals surface area contributed by atoms with E-state index in [-0.39, 0.29) is 17.5 Å². The summed E-state index contributed by atoms with van der Waals surface area (Å²) in [5, 5.41) is 18.9. The first kappa shape index (κ1) is 27.4. The Morgan fingerprint density at radius 3 is 2.77 bits per heavy atom. The fourth-order valence-corrected chi connectivity index (χ4v) is 4.71. The van der Waals surface area contributed by atoms with Crippen LogP contribution in [0.25, 0.3) is 11.3 Å². The van der Waals surface area contributed by atoms with Crippen LogP contribution >= 0.6 is 0 Å². The molecule has 4 heterocycles. The van der Waals surface area contributed by atoms with Crippen molar-refractivity contribution >= 4 is 17.5 Å². The number of methoxy groups -OCH3 is 1. The van der Waals surface area contributed by atoms with Gasteiger partial charge in [0.2, 0.25) is 5.95 Å². The second-order valence-corrected chi connectivity index (χ2v) is 11.0. The van der Waals surface area contributed by atoms with Crippen LogP contribution in [0.4, 0.5) is 11.6 Å². The zero-order valence-electron chi connectivity index (χ0n) is 23.6. The number of ether oxygens (including phenoxy) is 1. The Bertz CT molecular complexity index is 1470. The molecule has 0 radical (unpaired) electrons. The Kier molecular flexibility index (Phi) is 7.90. The van der Waals surface area contributed by atoms with Crippen molar-refractivity contribution < 1.29 is 9.53 Å². The smallest absolute Gasteiger partial charge is 0.273 e. The minimum Gasteiger partial charge on any atom is -0.383 e. The highest BCUT2D eigenvalue weighted by atomic mass is 16.5. The number of anilines is 2. The Morgan fingerprint density at radius 1 is 1.20 bits per heavy atom. The number of amides is 1. The molecule has 0 saturated carbocycles. The Hall–Kier alpha value is -4.16. The summed E-state index contributed by atoms with van der Waals surface area (Å²) in [4.78, 5) is 24.7. The summed E-state index contributed by atoms with van der Waals surface area (Å²) >= 11 is 0. The summed E-state index contributed by atoms with van der Waals surface area (Å²) in [5.74, 6) is 0.262. The minimum absolute atomic E-state index is 0.169. The van der Waals surface area contributed by atoms with Crippen molar-refractivity contribution in [3.05, 3.63) is 65.9 Å². The van der Waals surface area contributed by atoms with Crippen LogP contribution in [0.15, 0.2) is 49.1 Å². The molecule has 1 aromatic carbocycles. The first-order chi connectivity index (χ1) is 19.2. The number of aromatic nitrogens is 7. The number of hydrogen-bond acceptors (Lipinski definition) is 9. The lowest BCUT2D eigenvalue weighted by atomic mass is 9.96. The van der Waals surface area contributed by atoms with Gasteiger partial charge < -0.3 is 15.4 Å². The number of aryl methyl sites for hydroxylation is 1. The van der Waals surface area contributed by atoms with Crippen LogP contribution in [0.2, 0.25) is 0 Å². The highest BCUT2D eigenvalue weighted by molar-refractivity contribution is 5.92. The summed E-state index contributed by atoms with van der Waals surface area (Å²) in [6.45, 7) is 9.06. The normalized spacial score (nSPS) is 15.9. The van der Waals surface area contributed by atoms with Gasteiger partial charge in [-0.15, -0.1) is 5.10 Å². The first-order valence-electron chi connectivity index (χ1n) is 13.4. The Morgan fingerprint density at radius 2 is 2.05 bits per heavy atom. The van der Waals surface area contributed by atoms with Crippen LogP contribution in [0.3, 0.4) is 0 Å².